The van der Waals surface area contributed by atoms with E-state index in [1.54, 1.807) is 52.2 Å². The Morgan fingerprint density at radius 2 is 0.778 bits per heavy atom. The summed E-state index contributed by atoms with van der Waals surface area (Å²) >= 11 is 21.2. The zero-order valence-electron chi connectivity index (χ0n) is 67.8. The Kier molecular flexibility index (Phi) is 24.6. The Labute approximate surface area is 768 Å². The van der Waals surface area contributed by atoms with E-state index in [4.69, 9.17) is 39.0 Å². The third kappa shape index (κ3) is 17.8. The predicted octanol–water partition coefficient (Wildman–Crippen LogP) is 22.4. The Balaban J connectivity index is 0.000000178. The molecule has 8 aromatic carbocycles. The number of amides is 4. The maximum Gasteiger partial charge on any atom is 0.323 e. The number of fused-ring (bicyclic) bond motifs is 6. The minimum Gasteiger partial charge on any atom is -0.481 e. The van der Waals surface area contributed by atoms with Crippen LogP contribution in [0.4, 0.5) is 34.1 Å². The van der Waals surface area contributed by atoms with Crippen molar-refractivity contribution in [2.45, 2.75) is 52.4 Å². The van der Waals surface area contributed by atoms with Crippen LogP contribution in [0.3, 0.4) is 0 Å². The lowest BCUT2D eigenvalue weighted by Crippen LogP contribution is -2.33. The molecule has 18 rings (SSSR count). The molecule has 6 aliphatic rings. The molecular weight excluding hydrogens is 1780 g/mol. The van der Waals surface area contributed by atoms with E-state index in [0.29, 0.717) is 37.9 Å². The second-order valence-electron chi connectivity index (χ2n) is 30.6. The fourth-order valence-electron chi connectivity index (χ4n) is 15.6. The number of nitrogens with one attached hydrogen (secondary N) is 2. The number of carbonyl (C=O) groups is 8. The van der Waals surface area contributed by atoms with Crippen LogP contribution < -0.4 is 20.4 Å². The molecule has 8 heterocycles. The molecule has 30 heteroatoms. The number of thiophene rings is 4. The lowest BCUT2D eigenvalue weighted by molar-refractivity contribution is -0.140. The van der Waals surface area contributed by atoms with E-state index in [1.165, 1.54) is 83.6 Å². The number of aryl methyl sites for hydroxylation is 2. The molecule has 0 bridgehead atoms. The molecule has 12 aromatic rings. The zero-order chi connectivity index (χ0) is 88.0. The summed E-state index contributed by atoms with van der Waals surface area (Å²) in [5.74, 6) is -3.58. The van der Waals surface area contributed by atoms with Crippen LogP contribution >= 0.6 is 117 Å². The highest BCUT2D eigenvalue weighted by Crippen LogP contribution is 2.54. The lowest BCUT2D eigenvalue weighted by Gasteiger charge is -2.28. The number of carboxylic acid groups (broad SMARTS) is 2. The van der Waals surface area contributed by atoms with Gasteiger partial charge in [0.15, 0.2) is 21.4 Å². The van der Waals surface area contributed by atoms with Crippen LogP contribution in [0, 0.1) is 13.8 Å². The standard InChI is InChI=1S/C48H37N5O6S4.C48H35N3O6S6/c1-27-4-16-35-36-17-13-32(21-38(36)48(2,3)37(35)20-27)53(30-9-5-28(6-10-30)41-18-14-33(62-41)22-39-44(57)51-46(49-39)60-24-43(55)56)31-11-7-29(8-12-31)42-19-15-34(63-42)23-40-45(58)52-47(50-40)61-26-59-25-54;1-27-4-16-35-36-17-13-32(21-38(36)48(2,3)37(35)20-27)51(30-9-5-28(6-10-30)39-18-14-33(60-39)22-41-44(55)49(24-43(53)54)46(58)62-41)31-11-7-29(8-12-31)40-19-15-34(61-40)23-42-45(56)50(25-57-26-52)47(59)63-42/h4-23,25H,24,26H2,1-3H3,(H,55,56)(H,49,51,57)(H,50,52,58);4-23,26H,24-25H2,1-3H3,(H,53,54)/b39-22-,40-23-;41-22-,42-23-. The molecule has 0 spiro atoms. The van der Waals surface area contributed by atoms with Crippen LogP contribution in [-0.2, 0) is 58.7 Å². The van der Waals surface area contributed by atoms with E-state index < -0.39 is 24.4 Å². The number of hydrogen-bond acceptors (Lipinski definition) is 24. The average molecular weight is 1850 g/mol. The average Bonchev–Trinajstić information content (AvgIpc) is 1.58. The molecule has 2 saturated heterocycles. The molecule has 2 aliphatic carbocycles. The number of benzene rings is 8. The fourth-order valence-corrected chi connectivity index (χ4v) is 23.2. The number of amidine groups is 2. The van der Waals surface area contributed by atoms with Gasteiger partial charge in [0.25, 0.3) is 36.6 Å². The number of aliphatic carboxylic acids is 2. The van der Waals surface area contributed by atoms with Gasteiger partial charge in [-0.1, -0.05) is 196 Å². The van der Waals surface area contributed by atoms with Crippen molar-refractivity contribution >= 4 is 243 Å². The molecule has 0 atom stereocenters. The van der Waals surface area contributed by atoms with E-state index in [9.17, 15) is 43.5 Å². The van der Waals surface area contributed by atoms with E-state index in [2.05, 4.69) is 242 Å². The Bertz CT molecular complexity index is 6730. The maximum atomic E-state index is 12.9. The van der Waals surface area contributed by atoms with Crippen molar-refractivity contribution in [3.8, 4) is 64.0 Å². The fraction of sp³-hybridized carbons (Fsp3) is 0.125. The SMILES string of the molecule is Cc1ccc2c(c1)C(C)(C)c1cc(N(c3ccc(-c4ccc(/C=C5\N=C(SCOC=O)NC5=O)s4)cc3)c3ccc(-c4ccc(/C=C5\N=C(SCC(=O)O)NC5=O)s4)cc3)ccc1-2.Cc1ccc2c(c1)C(C)(C)c1cc(N(c3ccc(-c4ccc(/C=C5\SC(=S)N(COC=O)C5=O)s4)cc3)c3ccc(-c4ccc(/C=C5\SC(=S)N(CC(=O)O)C5=O)s4)cc3)ccc1-2. The summed E-state index contributed by atoms with van der Waals surface area (Å²) in [4.78, 5) is 118. The number of rotatable bonds is 24. The van der Waals surface area contributed by atoms with Crippen LogP contribution in [0.25, 0.3) is 88.3 Å². The highest BCUT2D eigenvalue weighted by atomic mass is 32.2. The third-order valence-corrected chi connectivity index (χ3v) is 30.4. The van der Waals surface area contributed by atoms with Gasteiger partial charge in [0.2, 0.25) is 0 Å². The minimum absolute atomic E-state index is 0.0619. The first-order chi connectivity index (χ1) is 60.7. The van der Waals surface area contributed by atoms with Crippen LogP contribution in [-0.4, -0.2) is 112 Å². The summed E-state index contributed by atoms with van der Waals surface area (Å²) in [7, 11) is 0. The molecule has 20 nitrogen and oxygen atoms in total. The summed E-state index contributed by atoms with van der Waals surface area (Å²) in [6, 6.07) is 76.8. The number of thioether (sulfide) groups is 4. The first-order valence-electron chi connectivity index (χ1n) is 39.2. The molecule has 0 unspecified atom stereocenters. The molecule has 4 amide bonds. The highest BCUT2D eigenvalue weighted by Gasteiger charge is 2.40. The van der Waals surface area contributed by atoms with Crippen LogP contribution in [0.5, 0.6) is 0 Å². The number of ether oxygens (including phenoxy) is 2. The van der Waals surface area contributed by atoms with Gasteiger partial charge >= 0.3 is 11.9 Å². The molecule has 0 saturated carbocycles. The first kappa shape index (κ1) is 85.9. The number of anilines is 6. The van der Waals surface area contributed by atoms with Gasteiger partial charge in [0.05, 0.1) is 15.6 Å². The van der Waals surface area contributed by atoms with Crippen molar-refractivity contribution in [2.24, 2.45) is 9.98 Å². The quantitative estimate of drug-likeness (QED) is 0.0144. The van der Waals surface area contributed by atoms with E-state index in [1.807, 2.05) is 54.6 Å². The van der Waals surface area contributed by atoms with Crippen molar-refractivity contribution < 1.29 is 58.0 Å². The molecule has 628 valence electrons. The summed E-state index contributed by atoms with van der Waals surface area (Å²) in [6.07, 6.45) is 7.06. The highest BCUT2D eigenvalue weighted by molar-refractivity contribution is 8.27. The zero-order valence-corrected chi connectivity index (χ0v) is 76.0. The van der Waals surface area contributed by atoms with E-state index in [-0.39, 0.29) is 62.2 Å². The van der Waals surface area contributed by atoms with Crippen LogP contribution in [0.1, 0.15) is 80.6 Å². The van der Waals surface area contributed by atoms with Crippen molar-refractivity contribution in [1.29, 1.82) is 0 Å². The predicted molar refractivity (Wildman–Crippen MR) is 521 cm³/mol. The molecule has 4 aliphatic heterocycles. The summed E-state index contributed by atoms with van der Waals surface area (Å²) in [5, 5.41) is 24.2. The Morgan fingerprint density at radius 1 is 0.437 bits per heavy atom. The van der Waals surface area contributed by atoms with E-state index >= 15 is 0 Å². The van der Waals surface area contributed by atoms with Gasteiger partial charge in [-0.15, -0.1) is 45.3 Å². The molecular formula is C96H72N8O12S10. The number of carbonyl (C=O) groups excluding carboxylic acids is 6. The lowest BCUT2D eigenvalue weighted by atomic mass is 9.82. The van der Waals surface area contributed by atoms with Crippen molar-refractivity contribution in [2.75, 3.05) is 34.8 Å². The largest absolute Gasteiger partial charge is 0.481 e. The Morgan fingerprint density at radius 3 is 1.15 bits per heavy atom. The molecule has 4 aromatic heterocycles. The summed E-state index contributed by atoms with van der Waals surface area (Å²) in [5.41, 5.74) is 22.9. The second-order valence-corrected chi connectivity index (χ2v) is 40.3. The maximum absolute atomic E-state index is 12.9. The number of nitrogens with zero attached hydrogens (tertiary/aromatic N) is 6. The monoisotopic (exact) mass is 1850 g/mol. The minimum atomic E-state index is -1.11. The molecule has 0 radical (unpaired) electrons. The van der Waals surface area contributed by atoms with Crippen molar-refractivity contribution in [1.82, 2.24) is 20.4 Å². The molecule has 4 N–H and O–H groups in total. The molecule has 2 fully saturated rings. The number of carboxylic acids is 2. The molecule has 126 heavy (non-hydrogen) atoms. The number of thiocarbonyl (C=S) groups is 2. The van der Waals surface area contributed by atoms with Gasteiger partial charge in [-0.3, -0.25) is 58.8 Å². The third-order valence-electron chi connectivity index (χ3n) is 21.7. The second kappa shape index (κ2) is 36.0. The van der Waals surface area contributed by atoms with E-state index in [0.717, 1.165) is 136 Å². The van der Waals surface area contributed by atoms with Crippen LogP contribution in [0.2, 0.25) is 0 Å². The number of hydrogen-bond donors (Lipinski definition) is 4. The van der Waals surface area contributed by atoms with Gasteiger partial charge < -0.3 is 29.5 Å². The number of aliphatic imine (C=N–C) groups is 2. The van der Waals surface area contributed by atoms with Gasteiger partial charge in [-0.25, -0.2) is 9.98 Å². The summed E-state index contributed by atoms with van der Waals surface area (Å²) < 4.78 is 10.1. The normalized spacial score (nSPS) is 16.3. The Hall–Kier alpha value is -12.2. The van der Waals surface area contributed by atoms with Crippen LogP contribution in [0.15, 0.2) is 250 Å². The topological polar surface area (TPSA) is 257 Å². The van der Waals surface area contributed by atoms with Gasteiger partial charge in [-0.2, -0.15) is 0 Å². The first-order valence-corrected chi connectivity index (χ1v) is 46.9. The van der Waals surface area contributed by atoms with Gasteiger partial charge in [0.1, 0.15) is 28.2 Å². The smallest absolute Gasteiger partial charge is 0.323 e. The summed E-state index contributed by atoms with van der Waals surface area (Å²) in [6.45, 7) is 13.4. The van der Waals surface area contributed by atoms with Crippen molar-refractivity contribution in [3.63, 3.8) is 0 Å². The van der Waals surface area contributed by atoms with Gasteiger partial charge in [-0.05, 0) is 238 Å². The van der Waals surface area contributed by atoms with Gasteiger partial charge in [0, 0.05) is 84.0 Å². The van der Waals surface area contributed by atoms with Crippen molar-refractivity contribution in [3.05, 3.63) is 292 Å².